The van der Waals surface area contributed by atoms with Gasteiger partial charge in [-0.3, -0.25) is 18.8 Å². The maximum absolute atomic E-state index is 13.8. The molecule has 1 aliphatic carbocycles. The second-order valence-electron chi connectivity index (χ2n) is 21.5. The summed E-state index contributed by atoms with van der Waals surface area (Å²) in [4.78, 5) is 35.2. The molecule has 432 valence electrons. The molecule has 2 saturated heterocycles. The molecule has 0 saturated carbocycles. The SMILES string of the molecule is CCOP(=O)(CCCN1CCN(CC[C@H](CSc2ccccc2)Nc2ccc(S(=O)(=O)NC(=O)c3ccc(N4CCN(CC5=C(c6ccc(Cl)cc6)CCC(C)(C)C5)CC4)cc3)cc2S(C)(=O)=O)CC1)OCOC(=O)OC(C)C. The number of allylic oxidation sites excluding steroid dienone is 1. The van der Waals surface area contributed by atoms with E-state index in [-0.39, 0.29) is 51.4 Å². The summed E-state index contributed by atoms with van der Waals surface area (Å²) in [5.74, 6) is -0.237. The lowest BCUT2D eigenvalue weighted by Gasteiger charge is -2.39. The van der Waals surface area contributed by atoms with E-state index in [9.17, 15) is 31.0 Å². The van der Waals surface area contributed by atoms with Crippen molar-refractivity contribution >= 4 is 79.8 Å². The van der Waals surface area contributed by atoms with Gasteiger partial charge in [0.05, 0.1) is 34.4 Å². The fourth-order valence-electron chi connectivity index (χ4n) is 10.1. The average Bonchev–Trinajstić information content (AvgIpc) is 3.46. The molecule has 1 unspecified atom stereocenters. The van der Waals surface area contributed by atoms with Gasteiger partial charge in [-0.05, 0) is 143 Å². The van der Waals surface area contributed by atoms with Gasteiger partial charge in [0.25, 0.3) is 15.9 Å². The Kier molecular flexibility index (Phi) is 22.4. The number of nitrogens with one attached hydrogen (secondary N) is 2. The highest BCUT2D eigenvalue weighted by molar-refractivity contribution is 7.99. The molecule has 0 aromatic heterocycles. The third kappa shape index (κ3) is 19.1. The summed E-state index contributed by atoms with van der Waals surface area (Å²) in [6.45, 7) is 18.2. The number of carbonyl (C=O) groups is 2. The lowest BCUT2D eigenvalue weighted by molar-refractivity contribution is -0.0128. The first-order chi connectivity index (χ1) is 37.6. The number of sulfonamides is 1. The van der Waals surface area contributed by atoms with E-state index in [1.54, 1.807) is 44.7 Å². The van der Waals surface area contributed by atoms with Gasteiger partial charge in [0.15, 0.2) is 9.84 Å². The predicted octanol–water partition coefficient (Wildman–Crippen LogP) is 10.4. The van der Waals surface area contributed by atoms with Crippen molar-refractivity contribution in [1.82, 2.24) is 19.4 Å². The smallest absolute Gasteiger partial charge is 0.432 e. The zero-order valence-electron chi connectivity index (χ0n) is 46.4. The van der Waals surface area contributed by atoms with E-state index in [0.717, 1.165) is 106 Å². The summed E-state index contributed by atoms with van der Waals surface area (Å²) in [6.07, 6.45) is 4.36. The Bertz CT molecular complexity index is 2970. The Hall–Kier alpha value is -4.47. The lowest BCUT2D eigenvalue weighted by Crippen LogP contribution is -2.47. The van der Waals surface area contributed by atoms with Gasteiger partial charge in [-0.2, -0.15) is 0 Å². The highest BCUT2D eigenvalue weighted by atomic mass is 35.5. The number of hydrogen-bond acceptors (Lipinski definition) is 17. The van der Waals surface area contributed by atoms with E-state index in [2.05, 4.69) is 55.6 Å². The molecule has 2 N–H and O–H groups in total. The largest absolute Gasteiger partial charge is 0.510 e. The van der Waals surface area contributed by atoms with E-state index < -0.39 is 46.3 Å². The molecule has 2 heterocycles. The molecular weight excluding hydrogens is 1110 g/mol. The van der Waals surface area contributed by atoms with Crippen molar-refractivity contribution in [3.63, 3.8) is 0 Å². The van der Waals surface area contributed by atoms with Crippen LogP contribution >= 0.6 is 31.0 Å². The summed E-state index contributed by atoms with van der Waals surface area (Å²) in [6, 6.07) is 28.6. The summed E-state index contributed by atoms with van der Waals surface area (Å²) in [7, 11) is -12.0. The number of halogens is 1. The van der Waals surface area contributed by atoms with Crippen LogP contribution in [0, 0.1) is 5.41 Å². The number of sulfone groups is 1. The first-order valence-corrected chi connectivity index (χ1v) is 33.6. The Morgan fingerprint density at radius 3 is 2.13 bits per heavy atom. The molecule has 2 aliphatic heterocycles. The van der Waals surface area contributed by atoms with Crippen LogP contribution in [-0.4, -0.2) is 159 Å². The zero-order valence-corrected chi connectivity index (χ0v) is 50.5. The Morgan fingerprint density at radius 2 is 1.48 bits per heavy atom. The standard InChI is InChI=1S/C57H78ClN6O11PS3/c1-7-73-76(67,74-42-72-56(66)75-43(2)3)37-11-27-61-29-31-62(32-30-61)28-25-48(41-77-50-12-9-8-10-13-50)59-53-23-22-51(38-54(53)78(6,68)69)79(70,71)60-55(65)45-16-20-49(21-17-45)64-35-33-63(34-36-64)40-46-39-57(4,5)26-24-52(46)44-14-18-47(58)19-15-44/h8-10,12-23,38,43,48,59H,7,11,24-37,39-42H2,1-6H3,(H,60,65)/t48-,76?/m1/s1. The van der Waals surface area contributed by atoms with Crippen molar-refractivity contribution in [3.8, 4) is 0 Å². The highest BCUT2D eigenvalue weighted by Crippen LogP contribution is 2.49. The van der Waals surface area contributed by atoms with Gasteiger partial charge in [-0.15, -0.1) is 11.8 Å². The number of amides is 1. The van der Waals surface area contributed by atoms with E-state index >= 15 is 0 Å². The van der Waals surface area contributed by atoms with Crippen LogP contribution in [0.1, 0.15) is 82.6 Å². The van der Waals surface area contributed by atoms with Crippen LogP contribution in [0.3, 0.4) is 0 Å². The van der Waals surface area contributed by atoms with Crippen LogP contribution in [0.15, 0.2) is 117 Å². The Morgan fingerprint density at radius 1 is 0.823 bits per heavy atom. The quantitative estimate of drug-likeness (QED) is 0.0261. The molecule has 2 fully saturated rings. The molecule has 0 bridgehead atoms. The summed E-state index contributed by atoms with van der Waals surface area (Å²) < 4.78 is 90.6. The number of benzene rings is 4. The number of carbonyl (C=O) groups excluding carboxylic acids is 2. The molecule has 2 atom stereocenters. The molecule has 17 nitrogen and oxygen atoms in total. The number of hydrogen-bond donors (Lipinski definition) is 2. The number of ether oxygens (including phenoxy) is 2. The van der Waals surface area contributed by atoms with Gasteiger partial charge in [0.2, 0.25) is 6.79 Å². The van der Waals surface area contributed by atoms with Crippen molar-refractivity contribution in [1.29, 1.82) is 0 Å². The van der Waals surface area contributed by atoms with Crippen LogP contribution in [0.25, 0.3) is 5.57 Å². The molecule has 7 rings (SSSR count). The van der Waals surface area contributed by atoms with E-state index in [1.807, 2.05) is 54.6 Å². The van der Waals surface area contributed by atoms with Crippen LogP contribution < -0.4 is 14.9 Å². The average molecular weight is 1190 g/mol. The second kappa shape index (κ2) is 28.5. The summed E-state index contributed by atoms with van der Waals surface area (Å²) in [5, 5.41) is 4.18. The number of rotatable bonds is 26. The first kappa shape index (κ1) is 62.1. The van der Waals surface area contributed by atoms with Gasteiger partial charge >= 0.3 is 13.8 Å². The van der Waals surface area contributed by atoms with E-state index in [0.29, 0.717) is 31.7 Å². The number of nitrogens with zero attached hydrogens (tertiary/aromatic N) is 4. The van der Waals surface area contributed by atoms with E-state index in [4.69, 9.17) is 30.1 Å². The van der Waals surface area contributed by atoms with Crippen molar-refractivity contribution in [3.05, 3.63) is 119 Å². The fraction of sp³-hybridized carbons (Fsp3) is 0.509. The molecule has 22 heteroatoms. The summed E-state index contributed by atoms with van der Waals surface area (Å²) >= 11 is 7.86. The second-order valence-corrected chi connectivity index (χ2v) is 28.8. The van der Waals surface area contributed by atoms with Gasteiger partial charge < -0.3 is 34.0 Å². The van der Waals surface area contributed by atoms with E-state index in [1.165, 1.54) is 28.8 Å². The van der Waals surface area contributed by atoms with Crippen molar-refractivity contribution in [2.45, 2.75) is 93.6 Å². The zero-order chi connectivity index (χ0) is 56.8. The number of anilines is 2. The van der Waals surface area contributed by atoms with Crippen molar-refractivity contribution in [2.24, 2.45) is 5.41 Å². The topological polar surface area (TPSA) is 193 Å². The van der Waals surface area contributed by atoms with Gasteiger partial charge in [0.1, 0.15) is 0 Å². The third-order valence-electron chi connectivity index (χ3n) is 14.3. The lowest BCUT2D eigenvalue weighted by atomic mass is 9.73. The molecule has 0 radical (unpaired) electrons. The van der Waals surface area contributed by atoms with Crippen LogP contribution in [0.2, 0.25) is 5.02 Å². The fourth-order valence-corrected chi connectivity index (χ4v) is 14.6. The number of piperazine rings is 2. The minimum atomic E-state index is -4.50. The molecule has 79 heavy (non-hydrogen) atoms. The van der Waals surface area contributed by atoms with Crippen LogP contribution in [-0.2, 0) is 42.9 Å². The molecule has 3 aliphatic rings. The molecule has 1 amide bonds. The molecule has 0 spiro atoms. The molecular formula is C57H78ClN6O11PS3. The molecule has 4 aromatic rings. The monoisotopic (exact) mass is 1180 g/mol. The van der Waals surface area contributed by atoms with Crippen molar-refractivity contribution in [2.75, 3.05) is 114 Å². The third-order valence-corrected chi connectivity index (χ3v) is 20.2. The summed E-state index contributed by atoms with van der Waals surface area (Å²) in [5.41, 5.74) is 5.75. The maximum atomic E-state index is 13.8. The van der Waals surface area contributed by atoms with Gasteiger partial charge in [-0.1, -0.05) is 61.4 Å². The van der Waals surface area contributed by atoms with Gasteiger partial charge in [0, 0.05) is 105 Å². The van der Waals surface area contributed by atoms with Crippen LogP contribution in [0.5, 0.6) is 0 Å². The maximum Gasteiger partial charge on any atom is 0.510 e. The molecule has 4 aromatic carbocycles. The van der Waals surface area contributed by atoms with Crippen LogP contribution in [0.4, 0.5) is 16.2 Å². The number of thioether (sulfide) groups is 1. The minimum absolute atomic E-state index is 0.153. The minimum Gasteiger partial charge on any atom is -0.432 e. The van der Waals surface area contributed by atoms with Gasteiger partial charge in [-0.25, -0.2) is 26.4 Å². The predicted molar refractivity (Wildman–Crippen MR) is 315 cm³/mol. The Labute approximate surface area is 477 Å². The van der Waals surface area contributed by atoms with Crippen molar-refractivity contribution < 1.29 is 49.5 Å². The Balaban J connectivity index is 0.925. The first-order valence-electron chi connectivity index (χ1n) is 27.1. The normalized spacial score (nSPS) is 18.0. The highest BCUT2D eigenvalue weighted by Gasteiger charge is 2.31.